The van der Waals surface area contributed by atoms with E-state index in [4.69, 9.17) is 5.11 Å². The van der Waals surface area contributed by atoms with Crippen LogP contribution in [0.3, 0.4) is 0 Å². The van der Waals surface area contributed by atoms with Crippen molar-refractivity contribution in [1.29, 1.82) is 0 Å². The molecule has 0 fully saturated rings. The van der Waals surface area contributed by atoms with Crippen LogP contribution in [0.2, 0.25) is 0 Å². The van der Waals surface area contributed by atoms with Gasteiger partial charge < -0.3 is 5.11 Å². The molecular formula is C16H19NO3S. The Kier molecular flexibility index (Phi) is 4.65. The summed E-state index contributed by atoms with van der Waals surface area (Å²) in [6, 6.07) is 12.5. The van der Waals surface area contributed by atoms with Crippen molar-refractivity contribution in [2.45, 2.75) is 26.2 Å². The minimum absolute atomic E-state index is 0.0988. The number of nitrogens with one attached hydrogen (secondary N) is 1. The van der Waals surface area contributed by atoms with Gasteiger partial charge in [-0.15, -0.1) is 0 Å². The standard InChI is InChI=1S/C16H19NO3S/c1-12-6-13(2)8-16(7-12)17-21(19,20)11-15-5-3-4-14(9-15)10-18/h3-9,17-18H,10-11H2,1-2H3. The van der Waals surface area contributed by atoms with Crippen LogP contribution in [0.4, 0.5) is 5.69 Å². The van der Waals surface area contributed by atoms with Crippen molar-refractivity contribution in [2.75, 3.05) is 4.72 Å². The van der Waals surface area contributed by atoms with E-state index in [1.165, 1.54) is 0 Å². The summed E-state index contributed by atoms with van der Waals surface area (Å²) in [7, 11) is -3.48. The Morgan fingerprint density at radius 3 is 2.24 bits per heavy atom. The van der Waals surface area contributed by atoms with Gasteiger partial charge >= 0.3 is 0 Å². The highest BCUT2D eigenvalue weighted by Crippen LogP contribution is 2.17. The van der Waals surface area contributed by atoms with Gasteiger partial charge in [-0.1, -0.05) is 30.3 Å². The molecule has 2 N–H and O–H groups in total. The monoisotopic (exact) mass is 305 g/mol. The third-order valence-electron chi connectivity index (χ3n) is 3.03. The van der Waals surface area contributed by atoms with Gasteiger partial charge in [0.1, 0.15) is 0 Å². The summed E-state index contributed by atoms with van der Waals surface area (Å²) in [5, 5.41) is 9.09. The third-order valence-corrected chi connectivity index (χ3v) is 4.29. The zero-order valence-electron chi connectivity index (χ0n) is 12.1. The Balaban J connectivity index is 2.18. The van der Waals surface area contributed by atoms with Crippen molar-refractivity contribution < 1.29 is 13.5 Å². The minimum atomic E-state index is -3.48. The summed E-state index contributed by atoms with van der Waals surface area (Å²) >= 11 is 0. The van der Waals surface area contributed by atoms with Gasteiger partial charge in [0.15, 0.2) is 0 Å². The average molecular weight is 305 g/mol. The summed E-state index contributed by atoms with van der Waals surface area (Å²) in [4.78, 5) is 0. The highest BCUT2D eigenvalue weighted by atomic mass is 32.2. The van der Waals surface area contributed by atoms with Gasteiger partial charge in [0.05, 0.1) is 12.4 Å². The molecule has 0 spiro atoms. The quantitative estimate of drug-likeness (QED) is 0.892. The number of aliphatic hydroxyl groups is 1. The van der Waals surface area contributed by atoms with E-state index < -0.39 is 10.0 Å². The van der Waals surface area contributed by atoms with Gasteiger partial charge in [0.25, 0.3) is 0 Å². The van der Waals surface area contributed by atoms with E-state index >= 15 is 0 Å². The molecule has 0 saturated carbocycles. The van der Waals surface area contributed by atoms with Crippen LogP contribution < -0.4 is 4.72 Å². The second-order valence-electron chi connectivity index (χ2n) is 5.22. The van der Waals surface area contributed by atoms with Crippen molar-refractivity contribution in [2.24, 2.45) is 0 Å². The van der Waals surface area contributed by atoms with Crippen LogP contribution in [0.5, 0.6) is 0 Å². The first-order valence-corrected chi connectivity index (χ1v) is 8.31. The number of hydrogen-bond donors (Lipinski definition) is 2. The number of sulfonamides is 1. The summed E-state index contributed by atoms with van der Waals surface area (Å²) in [6.45, 7) is 3.75. The zero-order valence-corrected chi connectivity index (χ0v) is 12.9. The first kappa shape index (κ1) is 15.5. The van der Waals surface area contributed by atoms with E-state index in [0.29, 0.717) is 16.8 Å². The van der Waals surface area contributed by atoms with Crippen molar-refractivity contribution in [3.63, 3.8) is 0 Å². The molecular weight excluding hydrogens is 286 g/mol. The fourth-order valence-corrected chi connectivity index (χ4v) is 3.45. The molecule has 0 aliphatic heterocycles. The zero-order chi connectivity index (χ0) is 15.5. The SMILES string of the molecule is Cc1cc(C)cc(NS(=O)(=O)Cc2cccc(CO)c2)c1. The predicted molar refractivity (Wildman–Crippen MR) is 84.5 cm³/mol. The van der Waals surface area contributed by atoms with Gasteiger partial charge in [0.2, 0.25) is 10.0 Å². The summed E-state index contributed by atoms with van der Waals surface area (Å²) < 4.78 is 27.0. The molecule has 112 valence electrons. The first-order chi connectivity index (χ1) is 9.88. The minimum Gasteiger partial charge on any atom is -0.392 e. The van der Waals surface area contributed by atoms with Crippen LogP contribution in [0.1, 0.15) is 22.3 Å². The lowest BCUT2D eigenvalue weighted by atomic mass is 10.1. The number of aliphatic hydroxyl groups excluding tert-OH is 1. The molecule has 0 aliphatic rings. The molecule has 2 rings (SSSR count). The Morgan fingerprint density at radius 2 is 1.62 bits per heavy atom. The highest BCUT2D eigenvalue weighted by molar-refractivity contribution is 7.91. The second kappa shape index (κ2) is 6.28. The van der Waals surface area contributed by atoms with Crippen molar-refractivity contribution in [1.82, 2.24) is 0 Å². The molecule has 4 nitrogen and oxygen atoms in total. The van der Waals surface area contributed by atoms with Gasteiger partial charge in [-0.05, 0) is 48.2 Å². The van der Waals surface area contributed by atoms with Crippen LogP contribution in [-0.4, -0.2) is 13.5 Å². The van der Waals surface area contributed by atoms with Crippen molar-refractivity contribution >= 4 is 15.7 Å². The van der Waals surface area contributed by atoms with Gasteiger partial charge in [-0.2, -0.15) is 0 Å². The van der Waals surface area contributed by atoms with Crippen LogP contribution in [-0.2, 0) is 22.4 Å². The van der Waals surface area contributed by atoms with Gasteiger partial charge in [0, 0.05) is 5.69 Å². The normalized spacial score (nSPS) is 11.4. The fraction of sp³-hybridized carbons (Fsp3) is 0.250. The number of hydrogen-bond acceptors (Lipinski definition) is 3. The first-order valence-electron chi connectivity index (χ1n) is 6.65. The lowest BCUT2D eigenvalue weighted by Gasteiger charge is -2.10. The largest absolute Gasteiger partial charge is 0.392 e. The molecule has 0 aliphatic carbocycles. The Bertz CT molecular complexity index is 719. The van der Waals surface area contributed by atoms with Crippen LogP contribution in [0.25, 0.3) is 0 Å². The van der Waals surface area contributed by atoms with Gasteiger partial charge in [-0.3, -0.25) is 4.72 Å². The van der Waals surface area contributed by atoms with Crippen LogP contribution >= 0.6 is 0 Å². The van der Waals surface area contributed by atoms with E-state index in [1.807, 2.05) is 19.9 Å². The van der Waals surface area contributed by atoms with Crippen LogP contribution in [0, 0.1) is 13.8 Å². The second-order valence-corrected chi connectivity index (χ2v) is 6.94. The van der Waals surface area contributed by atoms with E-state index in [2.05, 4.69) is 4.72 Å². The highest BCUT2D eigenvalue weighted by Gasteiger charge is 2.12. The van der Waals surface area contributed by atoms with Crippen molar-refractivity contribution in [3.8, 4) is 0 Å². The summed E-state index contributed by atoms with van der Waals surface area (Å²) in [6.07, 6.45) is 0. The molecule has 21 heavy (non-hydrogen) atoms. The Hall–Kier alpha value is -1.85. The lowest BCUT2D eigenvalue weighted by Crippen LogP contribution is -2.15. The molecule has 0 aromatic heterocycles. The van der Waals surface area contributed by atoms with Crippen molar-refractivity contribution in [3.05, 3.63) is 64.7 Å². The maximum atomic E-state index is 12.2. The molecule has 0 amide bonds. The molecule has 0 atom stereocenters. The van der Waals surface area contributed by atoms with Crippen LogP contribution in [0.15, 0.2) is 42.5 Å². The fourth-order valence-electron chi connectivity index (χ4n) is 2.29. The topological polar surface area (TPSA) is 66.4 Å². The molecule has 0 saturated heterocycles. The molecule has 2 aromatic rings. The molecule has 5 heteroatoms. The average Bonchev–Trinajstić information content (AvgIpc) is 2.36. The smallest absolute Gasteiger partial charge is 0.236 e. The van der Waals surface area contributed by atoms with E-state index in [9.17, 15) is 8.42 Å². The van der Waals surface area contributed by atoms with Gasteiger partial charge in [-0.25, -0.2) is 8.42 Å². The number of rotatable bonds is 5. The Morgan fingerprint density at radius 1 is 1.00 bits per heavy atom. The number of aryl methyl sites for hydroxylation is 2. The molecule has 2 aromatic carbocycles. The molecule has 0 radical (unpaired) electrons. The summed E-state index contributed by atoms with van der Waals surface area (Å²) in [5.74, 6) is -0.117. The summed E-state index contributed by atoms with van der Waals surface area (Å²) in [5.41, 5.74) is 3.95. The number of benzene rings is 2. The molecule has 0 heterocycles. The maximum absolute atomic E-state index is 12.2. The predicted octanol–water partition coefficient (Wildman–Crippen LogP) is 2.74. The molecule has 0 bridgehead atoms. The molecule has 0 unspecified atom stereocenters. The third kappa shape index (κ3) is 4.58. The maximum Gasteiger partial charge on any atom is 0.236 e. The van der Waals surface area contributed by atoms with E-state index in [1.54, 1.807) is 36.4 Å². The van der Waals surface area contributed by atoms with E-state index in [0.717, 1.165) is 11.1 Å². The Labute approximate surface area is 125 Å². The van der Waals surface area contributed by atoms with E-state index in [-0.39, 0.29) is 12.4 Å². The number of anilines is 1. The lowest BCUT2D eigenvalue weighted by molar-refractivity contribution is 0.282.